The molecule has 0 N–H and O–H groups in total. The van der Waals surface area contributed by atoms with Gasteiger partial charge in [-0.2, -0.15) is 0 Å². The van der Waals surface area contributed by atoms with Crippen molar-refractivity contribution >= 4 is 17.1 Å². The van der Waals surface area contributed by atoms with Crippen molar-refractivity contribution in [2.45, 2.75) is 20.3 Å². The van der Waals surface area contributed by atoms with Crippen LogP contribution < -0.4 is 4.90 Å². The van der Waals surface area contributed by atoms with E-state index in [1.54, 1.807) is 0 Å². The molecule has 1 aromatic carbocycles. The number of nitrogens with zero attached hydrogens (tertiary/aromatic N) is 2. The lowest BCUT2D eigenvalue weighted by Gasteiger charge is -2.28. The first-order valence-electron chi connectivity index (χ1n) is 6.26. The van der Waals surface area contributed by atoms with E-state index in [9.17, 15) is 0 Å². The molecule has 1 fully saturated rings. The quantitative estimate of drug-likeness (QED) is 0.748. The Balaban J connectivity index is 2.07. The van der Waals surface area contributed by atoms with Gasteiger partial charge in [0.15, 0.2) is 0 Å². The second-order valence-corrected chi connectivity index (χ2v) is 4.32. The lowest BCUT2D eigenvalue weighted by Crippen LogP contribution is -2.36. The fourth-order valence-corrected chi connectivity index (χ4v) is 1.86. The van der Waals surface area contributed by atoms with Crippen molar-refractivity contribution in [1.29, 1.82) is 0 Å². The van der Waals surface area contributed by atoms with Crippen molar-refractivity contribution in [2.24, 2.45) is 4.99 Å². The summed E-state index contributed by atoms with van der Waals surface area (Å²) in [5.41, 5.74) is 3.48. The maximum Gasteiger partial charge on any atom is 0.0642 e. The van der Waals surface area contributed by atoms with Crippen molar-refractivity contribution < 1.29 is 4.74 Å². The van der Waals surface area contributed by atoms with E-state index in [4.69, 9.17) is 4.74 Å². The van der Waals surface area contributed by atoms with Gasteiger partial charge in [-0.3, -0.25) is 4.99 Å². The molecule has 0 aromatic heterocycles. The van der Waals surface area contributed by atoms with E-state index < -0.39 is 0 Å². The highest BCUT2D eigenvalue weighted by atomic mass is 16.5. The van der Waals surface area contributed by atoms with Crippen LogP contribution in [0.4, 0.5) is 11.4 Å². The molecule has 0 aliphatic carbocycles. The molecule has 1 aliphatic rings. The standard InChI is InChI=1S/C14H20N2O/c1-3-12(2)15-13-4-6-14(7-5-13)16-8-10-17-11-9-16/h4-7H,3,8-11H2,1-2H3. The summed E-state index contributed by atoms with van der Waals surface area (Å²) in [6.07, 6.45) is 1.01. The van der Waals surface area contributed by atoms with E-state index >= 15 is 0 Å². The Bertz CT molecular complexity index is 378. The van der Waals surface area contributed by atoms with E-state index in [1.807, 2.05) is 0 Å². The Morgan fingerprint density at radius 3 is 2.47 bits per heavy atom. The van der Waals surface area contributed by atoms with Gasteiger partial charge in [-0.25, -0.2) is 0 Å². The van der Waals surface area contributed by atoms with Gasteiger partial charge < -0.3 is 9.64 Å². The topological polar surface area (TPSA) is 24.8 Å². The zero-order chi connectivity index (χ0) is 12.1. The molecule has 0 radical (unpaired) electrons. The second kappa shape index (κ2) is 5.82. The molecule has 0 bridgehead atoms. The van der Waals surface area contributed by atoms with E-state index in [0.29, 0.717) is 0 Å². The number of aliphatic imine (C=N–C) groups is 1. The van der Waals surface area contributed by atoms with Gasteiger partial charge in [-0.05, 0) is 37.6 Å². The molecule has 0 spiro atoms. The molecule has 3 nitrogen and oxygen atoms in total. The first-order chi connectivity index (χ1) is 8.29. The van der Waals surface area contributed by atoms with Crippen LogP contribution in [0.5, 0.6) is 0 Å². The third-order valence-corrected chi connectivity index (χ3v) is 3.06. The number of morpholine rings is 1. The summed E-state index contributed by atoms with van der Waals surface area (Å²) in [5, 5.41) is 0. The molecule has 0 saturated carbocycles. The number of hydrogen-bond donors (Lipinski definition) is 0. The Morgan fingerprint density at radius 1 is 1.24 bits per heavy atom. The van der Waals surface area contributed by atoms with Crippen molar-refractivity contribution in [3.8, 4) is 0 Å². The van der Waals surface area contributed by atoms with Crippen molar-refractivity contribution in [1.82, 2.24) is 0 Å². The third-order valence-electron chi connectivity index (χ3n) is 3.06. The van der Waals surface area contributed by atoms with Crippen molar-refractivity contribution in [3.63, 3.8) is 0 Å². The number of anilines is 1. The van der Waals surface area contributed by atoms with Crippen LogP contribution in [0.2, 0.25) is 0 Å². The van der Waals surface area contributed by atoms with E-state index in [1.165, 1.54) is 11.4 Å². The SMILES string of the molecule is CCC(C)=Nc1ccc(N2CCOCC2)cc1. The van der Waals surface area contributed by atoms with Crippen LogP contribution in [-0.2, 0) is 4.74 Å². The average Bonchev–Trinajstić information content (AvgIpc) is 2.40. The molecular formula is C14H20N2O. The average molecular weight is 232 g/mol. The normalized spacial score (nSPS) is 17.3. The molecule has 17 heavy (non-hydrogen) atoms. The summed E-state index contributed by atoms with van der Waals surface area (Å²) in [4.78, 5) is 6.89. The maximum absolute atomic E-state index is 5.35. The minimum atomic E-state index is 0.828. The lowest BCUT2D eigenvalue weighted by molar-refractivity contribution is 0.122. The van der Waals surface area contributed by atoms with Gasteiger partial charge in [-0.15, -0.1) is 0 Å². The van der Waals surface area contributed by atoms with Gasteiger partial charge in [0.05, 0.1) is 18.9 Å². The van der Waals surface area contributed by atoms with Gasteiger partial charge in [0.25, 0.3) is 0 Å². The minimum absolute atomic E-state index is 0.828. The Hall–Kier alpha value is -1.35. The molecule has 0 unspecified atom stereocenters. The van der Waals surface area contributed by atoms with Crippen LogP contribution in [0.15, 0.2) is 29.3 Å². The van der Waals surface area contributed by atoms with Crippen molar-refractivity contribution in [2.75, 3.05) is 31.2 Å². The van der Waals surface area contributed by atoms with Crippen LogP contribution in [0.25, 0.3) is 0 Å². The Kier molecular flexibility index (Phi) is 4.15. The number of ether oxygens (including phenoxy) is 1. The minimum Gasteiger partial charge on any atom is -0.378 e. The molecule has 1 heterocycles. The summed E-state index contributed by atoms with van der Waals surface area (Å²) >= 11 is 0. The Morgan fingerprint density at radius 2 is 1.88 bits per heavy atom. The largest absolute Gasteiger partial charge is 0.378 e. The molecule has 2 rings (SSSR count). The number of hydrogen-bond acceptors (Lipinski definition) is 3. The summed E-state index contributed by atoms with van der Waals surface area (Å²) in [6, 6.07) is 8.47. The molecule has 92 valence electrons. The predicted octanol–water partition coefficient (Wildman–Crippen LogP) is 3.03. The van der Waals surface area contributed by atoms with Gasteiger partial charge in [0.2, 0.25) is 0 Å². The first kappa shape index (κ1) is 12.1. The van der Waals surface area contributed by atoms with Crippen LogP contribution in [0.3, 0.4) is 0 Å². The number of benzene rings is 1. The summed E-state index contributed by atoms with van der Waals surface area (Å²) in [5.74, 6) is 0. The van der Waals surface area contributed by atoms with Gasteiger partial charge in [0.1, 0.15) is 0 Å². The lowest BCUT2D eigenvalue weighted by atomic mass is 10.2. The predicted molar refractivity (Wildman–Crippen MR) is 72.5 cm³/mol. The van der Waals surface area contributed by atoms with Gasteiger partial charge >= 0.3 is 0 Å². The van der Waals surface area contributed by atoms with Crippen LogP contribution >= 0.6 is 0 Å². The highest BCUT2D eigenvalue weighted by Gasteiger charge is 2.10. The summed E-state index contributed by atoms with van der Waals surface area (Å²) in [6.45, 7) is 7.81. The van der Waals surface area contributed by atoms with Gasteiger partial charge in [-0.1, -0.05) is 6.92 Å². The monoisotopic (exact) mass is 232 g/mol. The maximum atomic E-state index is 5.35. The second-order valence-electron chi connectivity index (χ2n) is 4.32. The molecule has 1 aliphatic heterocycles. The fraction of sp³-hybridized carbons (Fsp3) is 0.500. The van der Waals surface area contributed by atoms with Crippen LogP contribution in [0, 0.1) is 0 Å². The van der Waals surface area contributed by atoms with Gasteiger partial charge in [0, 0.05) is 24.5 Å². The zero-order valence-corrected chi connectivity index (χ0v) is 10.6. The highest BCUT2D eigenvalue weighted by Crippen LogP contribution is 2.21. The smallest absolute Gasteiger partial charge is 0.0642 e. The summed E-state index contributed by atoms with van der Waals surface area (Å²) < 4.78 is 5.35. The van der Waals surface area contributed by atoms with E-state index in [-0.39, 0.29) is 0 Å². The fourth-order valence-electron chi connectivity index (χ4n) is 1.86. The molecule has 0 atom stereocenters. The summed E-state index contributed by atoms with van der Waals surface area (Å²) in [7, 11) is 0. The molecule has 1 aromatic rings. The molecule has 3 heteroatoms. The molecular weight excluding hydrogens is 212 g/mol. The number of rotatable bonds is 3. The zero-order valence-electron chi connectivity index (χ0n) is 10.6. The Labute approximate surface area is 103 Å². The van der Waals surface area contributed by atoms with Crippen LogP contribution in [-0.4, -0.2) is 32.0 Å². The molecule has 1 saturated heterocycles. The van der Waals surface area contributed by atoms with E-state index in [0.717, 1.165) is 38.4 Å². The van der Waals surface area contributed by atoms with E-state index in [2.05, 4.69) is 48.0 Å². The third kappa shape index (κ3) is 3.30. The highest BCUT2D eigenvalue weighted by molar-refractivity contribution is 5.84. The van der Waals surface area contributed by atoms with Crippen molar-refractivity contribution in [3.05, 3.63) is 24.3 Å². The molecule has 0 amide bonds. The van der Waals surface area contributed by atoms with Crippen LogP contribution in [0.1, 0.15) is 20.3 Å². The first-order valence-corrected chi connectivity index (χ1v) is 6.26.